The van der Waals surface area contributed by atoms with Gasteiger partial charge in [0.25, 0.3) is 0 Å². The first-order valence-electron chi connectivity index (χ1n) is 4.62. The number of aryl methyl sites for hydroxylation is 1. The third-order valence-corrected chi connectivity index (χ3v) is 1.86. The molecule has 0 unspecified atom stereocenters. The molecule has 1 aromatic carbocycles. The van der Waals surface area contributed by atoms with E-state index in [1.54, 1.807) is 0 Å². The molecule has 0 spiro atoms. The molecule has 13 heavy (non-hydrogen) atoms. The standard InChI is InChI=1S/C12H17N/c1-9(2)13-11(4)12-7-5-10(3)6-8-12/h5-9,13H,4H2,1-3H3. The van der Waals surface area contributed by atoms with Gasteiger partial charge in [0.05, 0.1) is 0 Å². The molecular weight excluding hydrogens is 158 g/mol. The Kier molecular flexibility index (Phi) is 3.13. The Hall–Kier alpha value is -1.24. The van der Waals surface area contributed by atoms with Crippen LogP contribution < -0.4 is 5.32 Å². The summed E-state index contributed by atoms with van der Waals surface area (Å²) in [6.45, 7) is 10.3. The van der Waals surface area contributed by atoms with Gasteiger partial charge in [-0.1, -0.05) is 36.4 Å². The Balaban J connectivity index is 2.72. The molecule has 0 heterocycles. The minimum atomic E-state index is 0.439. The smallest absolute Gasteiger partial charge is 0.0342 e. The molecule has 0 aromatic heterocycles. The van der Waals surface area contributed by atoms with Crippen LogP contribution in [0.25, 0.3) is 5.70 Å². The van der Waals surface area contributed by atoms with Gasteiger partial charge in [-0.3, -0.25) is 0 Å². The zero-order chi connectivity index (χ0) is 9.84. The number of benzene rings is 1. The summed E-state index contributed by atoms with van der Waals surface area (Å²) in [6.07, 6.45) is 0. The van der Waals surface area contributed by atoms with Crippen molar-refractivity contribution >= 4 is 5.70 Å². The SMILES string of the molecule is C=C(NC(C)C)c1ccc(C)cc1. The van der Waals surface area contributed by atoms with Crippen LogP contribution in [0.2, 0.25) is 0 Å². The van der Waals surface area contributed by atoms with Crippen LogP contribution in [-0.2, 0) is 0 Å². The summed E-state index contributed by atoms with van der Waals surface area (Å²) in [6, 6.07) is 8.82. The van der Waals surface area contributed by atoms with E-state index in [2.05, 4.69) is 56.9 Å². The Labute approximate surface area is 80.5 Å². The lowest BCUT2D eigenvalue weighted by atomic mass is 10.1. The molecule has 0 saturated heterocycles. The van der Waals surface area contributed by atoms with Gasteiger partial charge in [0, 0.05) is 11.7 Å². The number of rotatable bonds is 3. The topological polar surface area (TPSA) is 12.0 Å². The van der Waals surface area contributed by atoms with E-state index < -0.39 is 0 Å². The van der Waals surface area contributed by atoms with E-state index in [0.29, 0.717) is 6.04 Å². The fourth-order valence-corrected chi connectivity index (χ4v) is 1.19. The van der Waals surface area contributed by atoms with Crippen molar-refractivity contribution in [2.45, 2.75) is 26.8 Å². The minimum Gasteiger partial charge on any atom is -0.383 e. The largest absolute Gasteiger partial charge is 0.383 e. The molecule has 1 N–H and O–H groups in total. The van der Waals surface area contributed by atoms with Gasteiger partial charge in [-0.25, -0.2) is 0 Å². The van der Waals surface area contributed by atoms with Crippen LogP contribution in [0.4, 0.5) is 0 Å². The molecule has 0 amide bonds. The van der Waals surface area contributed by atoms with Gasteiger partial charge >= 0.3 is 0 Å². The predicted molar refractivity (Wildman–Crippen MR) is 58.5 cm³/mol. The fourth-order valence-electron chi connectivity index (χ4n) is 1.19. The van der Waals surface area contributed by atoms with Crippen LogP contribution in [0.3, 0.4) is 0 Å². The van der Waals surface area contributed by atoms with Crippen molar-refractivity contribution in [1.29, 1.82) is 0 Å². The molecule has 0 atom stereocenters. The Morgan fingerprint density at radius 3 is 2.23 bits per heavy atom. The number of hydrogen-bond donors (Lipinski definition) is 1. The fraction of sp³-hybridized carbons (Fsp3) is 0.333. The maximum Gasteiger partial charge on any atom is 0.0342 e. The van der Waals surface area contributed by atoms with Gasteiger partial charge in [-0.2, -0.15) is 0 Å². The van der Waals surface area contributed by atoms with Gasteiger partial charge in [-0.15, -0.1) is 0 Å². The Morgan fingerprint density at radius 1 is 1.23 bits per heavy atom. The van der Waals surface area contributed by atoms with Crippen molar-refractivity contribution in [3.63, 3.8) is 0 Å². The third-order valence-electron chi connectivity index (χ3n) is 1.86. The molecular formula is C12H17N. The highest BCUT2D eigenvalue weighted by Gasteiger charge is 1.98. The maximum atomic E-state index is 3.98. The Morgan fingerprint density at radius 2 is 1.77 bits per heavy atom. The van der Waals surface area contributed by atoms with Crippen molar-refractivity contribution in [2.75, 3.05) is 0 Å². The first kappa shape index (κ1) is 9.85. The second-order valence-corrected chi connectivity index (χ2v) is 3.64. The van der Waals surface area contributed by atoms with E-state index in [1.165, 1.54) is 11.1 Å². The molecule has 1 rings (SSSR count). The zero-order valence-electron chi connectivity index (χ0n) is 8.59. The van der Waals surface area contributed by atoms with E-state index in [9.17, 15) is 0 Å². The van der Waals surface area contributed by atoms with Crippen molar-refractivity contribution in [3.8, 4) is 0 Å². The first-order valence-corrected chi connectivity index (χ1v) is 4.62. The highest BCUT2D eigenvalue weighted by Crippen LogP contribution is 2.10. The van der Waals surface area contributed by atoms with Crippen molar-refractivity contribution < 1.29 is 0 Å². The summed E-state index contributed by atoms with van der Waals surface area (Å²) in [5.41, 5.74) is 3.44. The van der Waals surface area contributed by atoms with Gasteiger partial charge in [0.15, 0.2) is 0 Å². The second kappa shape index (κ2) is 4.13. The summed E-state index contributed by atoms with van der Waals surface area (Å²) in [7, 11) is 0. The highest BCUT2D eigenvalue weighted by atomic mass is 14.9. The molecule has 0 bridgehead atoms. The molecule has 0 aliphatic carbocycles. The molecule has 0 fully saturated rings. The summed E-state index contributed by atoms with van der Waals surface area (Å²) in [4.78, 5) is 0. The highest BCUT2D eigenvalue weighted by molar-refractivity contribution is 5.61. The van der Waals surface area contributed by atoms with Crippen LogP contribution in [0.5, 0.6) is 0 Å². The van der Waals surface area contributed by atoms with E-state index >= 15 is 0 Å². The maximum absolute atomic E-state index is 3.98. The van der Waals surface area contributed by atoms with E-state index in [4.69, 9.17) is 0 Å². The van der Waals surface area contributed by atoms with E-state index in [-0.39, 0.29) is 0 Å². The molecule has 0 aliphatic heterocycles. The zero-order valence-corrected chi connectivity index (χ0v) is 8.59. The average Bonchev–Trinajstić information content (AvgIpc) is 2.04. The second-order valence-electron chi connectivity index (χ2n) is 3.64. The van der Waals surface area contributed by atoms with Gasteiger partial charge in [0.1, 0.15) is 0 Å². The first-order chi connectivity index (χ1) is 6.09. The molecule has 0 saturated carbocycles. The molecule has 0 aliphatic rings. The van der Waals surface area contributed by atoms with E-state index in [1.807, 2.05) is 0 Å². The van der Waals surface area contributed by atoms with Gasteiger partial charge in [0.2, 0.25) is 0 Å². The molecule has 70 valence electrons. The minimum absolute atomic E-state index is 0.439. The van der Waals surface area contributed by atoms with Crippen LogP contribution in [0, 0.1) is 6.92 Å². The summed E-state index contributed by atoms with van der Waals surface area (Å²) in [5.74, 6) is 0. The number of hydrogen-bond acceptors (Lipinski definition) is 1. The van der Waals surface area contributed by atoms with E-state index in [0.717, 1.165) is 5.70 Å². The monoisotopic (exact) mass is 175 g/mol. The van der Waals surface area contributed by atoms with Crippen LogP contribution >= 0.6 is 0 Å². The lowest BCUT2D eigenvalue weighted by Crippen LogP contribution is -2.20. The molecule has 1 nitrogen and oxygen atoms in total. The van der Waals surface area contributed by atoms with Crippen molar-refractivity contribution in [3.05, 3.63) is 42.0 Å². The van der Waals surface area contributed by atoms with Gasteiger partial charge < -0.3 is 5.32 Å². The van der Waals surface area contributed by atoms with Crippen molar-refractivity contribution in [2.24, 2.45) is 0 Å². The van der Waals surface area contributed by atoms with Gasteiger partial charge in [-0.05, 0) is 26.3 Å². The third kappa shape index (κ3) is 2.94. The lowest BCUT2D eigenvalue weighted by Gasteiger charge is -2.12. The summed E-state index contributed by atoms with van der Waals surface area (Å²) in [5, 5.41) is 3.28. The predicted octanol–water partition coefficient (Wildman–Crippen LogP) is 2.96. The van der Waals surface area contributed by atoms with Crippen molar-refractivity contribution in [1.82, 2.24) is 5.32 Å². The molecule has 0 radical (unpaired) electrons. The quantitative estimate of drug-likeness (QED) is 0.744. The summed E-state index contributed by atoms with van der Waals surface area (Å²) >= 11 is 0. The summed E-state index contributed by atoms with van der Waals surface area (Å²) < 4.78 is 0. The lowest BCUT2D eigenvalue weighted by molar-refractivity contribution is 0.718. The normalized spacial score (nSPS) is 10.2. The average molecular weight is 175 g/mol. The Bertz CT molecular complexity index is 282. The van der Waals surface area contributed by atoms with Crippen LogP contribution in [0.1, 0.15) is 25.0 Å². The molecule has 1 heteroatoms. The van der Waals surface area contributed by atoms with Crippen LogP contribution in [0.15, 0.2) is 30.8 Å². The van der Waals surface area contributed by atoms with Crippen LogP contribution in [-0.4, -0.2) is 6.04 Å². The number of nitrogens with one attached hydrogen (secondary N) is 1. The molecule has 1 aromatic rings.